The van der Waals surface area contributed by atoms with E-state index in [2.05, 4.69) is 17.2 Å². The normalized spacial score (nSPS) is 12.2. The van der Waals surface area contributed by atoms with Gasteiger partial charge in [0, 0.05) is 18.4 Å². The number of nitrogens with one attached hydrogen (secondary N) is 1. The van der Waals surface area contributed by atoms with E-state index in [1.54, 1.807) is 19.2 Å². The van der Waals surface area contributed by atoms with Crippen LogP contribution in [0.2, 0.25) is 0 Å². The summed E-state index contributed by atoms with van der Waals surface area (Å²) in [6, 6.07) is 3.34. The summed E-state index contributed by atoms with van der Waals surface area (Å²) in [7, 11) is 1.63. The summed E-state index contributed by atoms with van der Waals surface area (Å²) in [4.78, 5) is 16.1. The third-order valence-electron chi connectivity index (χ3n) is 2.58. The summed E-state index contributed by atoms with van der Waals surface area (Å²) in [5.74, 6) is 0.224. The van der Waals surface area contributed by atoms with Gasteiger partial charge in [-0.05, 0) is 25.5 Å². The minimum atomic E-state index is -0.136. The molecule has 0 radical (unpaired) electrons. The van der Waals surface area contributed by atoms with Crippen LogP contribution in [0.1, 0.15) is 35.8 Å². The second-order valence-electron chi connectivity index (χ2n) is 4.34. The van der Waals surface area contributed by atoms with E-state index in [-0.39, 0.29) is 11.9 Å². The zero-order valence-corrected chi connectivity index (χ0v) is 11.2. The molecule has 5 heteroatoms. The number of aromatic nitrogens is 1. The van der Waals surface area contributed by atoms with Crippen molar-refractivity contribution in [1.29, 1.82) is 0 Å². The first-order valence-electron chi connectivity index (χ1n) is 6.10. The lowest BCUT2D eigenvalue weighted by Gasteiger charge is -2.17. The lowest BCUT2D eigenvalue weighted by molar-refractivity contribution is 0.0891. The third kappa shape index (κ3) is 4.33. The van der Waals surface area contributed by atoms with E-state index < -0.39 is 0 Å². The summed E-state index contributed by atoms with van der Waals surface area (Å²) in [6.45, 7) is 4.40. The quantitative estimate of drug-likeness (QED) is 0.803. The topological polar surface area (TPSA) is 77.2 Å². The molecule has 1 aromatic rings. The van der Waals surface area contributed by atoms with E-state index in [9.17, 15) is 4.79 Å². The van der Waals surface area contributed by atoms with Crippen molar-refractivity contribution in [2.24, 2.45) is 0 Å². The molecule has 1 heterocycles. The second-order valence-corrected chi connectivity index (χ2v) is 4.34. The van der Waals surface area contributed by atoms with Crippen LogP contribution in [0.25, 0.3) is 0 Å². The minimum absolute atomic E-state index is 0.0298. The molecule has 0 aliphatic rings. The van der Waals surface area contributed by atoms with Gasteiger partial charge in [0.1, 0.15) is 5.82 Å². The largest absolute Gasteiger partial charge is 0.384 e. The van der Waals surface area contributed by atoms with Crippen LogP contribution in [-0.2, 0) is 4.74 Å². The molecule has 3 N–H and O–H groups in total. The number of nitrogens with two attached hydrogens (primary N) is 1. The van der Waals surface area contributed by atoms with Crippen LogP contribution >= 0.6 is 0 Å². The van der Waals surface area contributed by atoms with Gasteiger partial charge in [-0.3, -0.25) is 4.79 Å². The lowest BCUT2D eigenvalue weighted by Crippen LogP contribution is -2.38. The Morgan fingerprint density at radius 1 is 1.56 bits per heavy atom. The Balaban J connectivity index is 2.73. The zero-order valence-electron chi connectivity index (χ0n) is 11.2. The molecule has 18 heavy (non-hydrogen) atoms. The third-order valence-corrected chi connectivity index (χ3v) is 2.58. The van der Waals surface area contributed by atoms with Crippen LogP contribution in [0.15, 0.2) is 12.1 Å². The maximum atomic E-state index is 12.1. The van der Waals surface area contributed by atoms with Gasteiger partial charge < -0.3 is 15.8 Å². The van der Waals surface area contributed by atoms with Gasteiger partial charge in [0.05, 0.1) is 12.6 Å². The highest BCUT2D eigenvalue weighted by Crippen LogP contribution is 2.08. The number of ether oxygens (including phenoxy) is 1. The van der Waals surface area contributed by atoms with Crippen molar-refractivity contribution in [3.05, 3.63) is 23.4 Å². The number of pyridine rings is 1. The molecule has 5 nitrogen and oxygen atoms in total. The molecule has 0 aliphatic carbocycles. The maximum absolute atomic E-state index is 12.1. The van der Waals surface area contributed by atoms with Gasteiger partial charge in [-0.15, -0.1) is 0 Å². The highest BCUT2D eigenvalue weighted by molar-refractivity contribution is 5.95. The number of hydrogen-bond donors (Lipinski definition) is 2. The van der Waals surface area contributed by atoms with E-state index >= 15 is 0 Å². The molecule has 100 valence electrons. The van der Waals surface area contributed by atoms with Crippen molar-refractivity contribution in [3.63, 3.8) is 0 Å². The Morgan fingerprint density at radius 3 is 2.83 bits per heavy atom. The second kappa shape index (κ2) is 6.96. The molecule has 1 amide bonds. The van der Waals surface area contributed by atoms with E-state index in [1.165, 1.54) is 0 Å². The standard InChI is InChI=1S/C13H21N3O2/c1-4-5-11(8-18-3)16-13(17)10-6-9(2)15-12(14)7-10/h6-7,11H,4-5,8H2,1-3H3,(H2,14,15)(H,16,17). The monoisotopic (exact) mass is 251 g/mol. The summed E-state index contributed by atoms with van der Waals surface area (Å²) in [5, 5.41) is 2.94. The zero-order chi connectivity index (χ0) is 13.5. The molecule has 1 unspecified atom stereocenters. The van der Waals surface area contributed by atoms with Gasteiger partial charge in [0.15, 0.2) is 0 Å². The number of carbonyl (C=O) groups is 1. The van der Waals surface area contributed by atoms with Crippen molar-refractivity contribution in [3.8, 4) is 0 Å². The fourth-order valence-electron chi connectivity index (χ4n) is 1.84. The van der Waals surface area contributed by atoms with Crippen molar-refractivity contribution in [2.45, 2.75) is 32.7 Å². The molecule has 0 saturated carbocycles. The Bertz CT molecular complexity index is 381. The fourth-order valence-corrected chi connectivity index (χ4v) is 1.84. The Labute approximate surface area is 108 Å². The van der Waals surface area contributed by atoms with Gasteiger partial charge in [0.2, 0.25) is 0 Å². The molecule has 1 atom stereocenters. The predicted octanol–water partition coefficient (Wildman–Crippen LogP) is 1.52. The van der Waals surface area contributed by atoms with E-state index in [0.717, 1.165) is 18.5 Å². The van der Waals surface area contributed by atoms with Crippen LogP contribution in [0.3, 0.4) is 0 Å². The molecule has 0 spiro atoms. The van der Waals surface area contributed by atoms with Gasteiger partial charge in [0.25, 0.3) is 5.91 Å². The molecule has 0 fully saturated rings. The molecule has 0 aliphatic heterocycles. The average molecular weight is 251 g/mol. The minimum Gasteiger partial charge on any atom is -0.384 e. The van der Waals surface area contributed by atoms with Crippen molar-refractivity contribution in [1.82, 2.24) is 10.3 Å². The number of amides is 1. The van der Waals surface area contributed by atoms with Gasteiger partial charge in [-0.1, -0.05) is 13.3 Å². The SMILES string of the molecule is CCCC(COC)NC(=O)c1cc(C)nc(N)c1. The van der Waals surface area contributed by atoms with Gasteiger partial charge in [-0.2, -0.15) is 0 Å². The number of hydrogen-bond acceptors (Lipinski definition) is 4. The van der Waals surface area contributed by atoms with E-state index in [0.29, 0.717) is 18.0 Å². The van der Waals surface area contributed by atoms with E-state index in [4.69, 9.17) is 10.5 Å². The Hall–Kier alpha value is -1.62. The van der Waals surface area contributed by atoms with Crippen molar-refractivity contribution < 1.29 is 9.53 Å². The molecule has 0 aromatic carbocycles. The number of nitrogen functional groups attached to an aromatic ring is 1. The summed E-state index contributed by atoms with van der Waals surface area (Å²) >= 11 is 0. The first-order valence-corrected chi connectivity index (χ1v) is 6.10. The summed E-state index contributed by atoms with van der Waals surface area (Å²) < 4.78 is 5.09. The Morgan fingerprint density at radius 2 is 2.28 bits per heavy atom. The van der Waals surface area contributed by atoms with Crippen LogP contribution in [-0.4, -0.2) is 30.6 Å². The van der Waals surface area contributed by atoms with Gasteiger partial charge in [-0.25, -0.2) is 4.98 Å². The Kier molecular flexibility index (Phi) is 5.58. The number of nitrogens with zero attached hydrogens (tertiary/aromatic N) is 1. The van der Waals surface area contributed by atoms with E-state index in [1.807, 2.05) is 6.92 Å². The number of rotatable bonds is 6. The number of anilines is 1. The summed E-state index contributed by atoms with van der Waals surface area (Å²) in [5.41, 5.74) is 6.90. The molecule has 1 rings (SSSR count). The molecule has 0 bridgehead atoms. The van der Waals surface area contributed by atoms with Crippen LogP contribution in [0.5, 0.6) is 0 Å². The van der Waals surface area contributed by atoms with Gasteiger partial charge >= 0.3 is 0 Å². The fraction of sp³-hybridized carbons (Fsp3) is 0.538. The highest BCUT2D eigenvalue weighted by atomic mass is 16.5. The van der Waals surface area contributed by atoms with Crippen LogP contribution < -0.4 is 11.1 Å². The smallest absolute Gasteiger partial charge is 0.251 e. The lowest BCUT2D eigenvalue weighted by atomic mass is 10.1. The van der Waals surface area contributed by atoms with Crippen LogP contribution in [0, 0.1) is 6.92 Å². The molecule has 1 aromatic heterocycles. The number of methoxy groups -OCH3 is 1. The van der Waals surface area contributed by atoms with Crippen LogP contribution in [0.4, 0.5) is 5.82 Å². The molecular formula is C13H21N3O2. The molecule has 0 saturated heterocycles. The summed E-state index contributed by atoms with van der Waals surface area (Å²) in [6.07, 6.45) is 1.88. The number of aryl methyl sites for hydroxylation is 1. The predicted molar refractivity (Wildman–Crippen MR) is 71.4 cm³/mol. The average Bonchev–Trinajstić information content (AvgIpc) is 2.28. The van der Waals surface area contributed by atoms with Crippen molar-refractivity contribution >= 4 is 11.7 Å². The first kappa shape index (κ1) is 14.4. The molecular weight excluding hydrogens is 230 g/mol. The maximum Gasteiger partial charge on any atom is 0.251 e. The first-order chi connectivity index (χ1) is 8.56. The highest BCUT2D eigenvalue weighted by Gasteiger charge is 2.13. The van der Waals surface area contributed by atoms with Crippen molar-refractivity contribution in [2.75, 3.05) is 19.5 Å². The number of carbonyl (C=O) groups excluding carboxylic acids is 1.